The molecule has 1 atom stereocenters. The lowest BCUT2D eigenvalue weighted by atomic mass is 10.1. The van der Waals surface area contributed by atoms with E-state index in [2.05, 4.69) is 20.3 Å². The fourth-order valence-corrected chi connectivity index (χ4v) is 2.35. The summed E-state index contributed by atoms with van der Waals surface area (Å²) in [4.78, 5) is 23.3. The molecule has 0 bridgehead atoms. The number of H-pyrrole nitrogens is 1. The van der Waals surface area contributed by atoms with Gasteiger partial charge in [-0.1, -0.05) is 6.07 Å². The van der Waals surface area contributed by atoms with Gasteiger partial charge in [0.2, 0.25) is 5.88 Å². The number of aromatic amines is 1. The topological polar surface area (TPSA) is 79.9 Å². The summed E-state index contributed by atoms with van der Waals surface area (Å²) in [5.41, 5.74) is 2.25. The van der Waals surface area contributed by atoms with Gasteiger partial charge >= 0.3 is 0 Å². The maximum atomic E-state index is 12.1. The molecule has 6 nitrogen and oxygen atoms in total. The summed E-state index contributed by atoms with van der Waals surface area (Å²) in [6.07, 6.45) is 1.69. The number of rotatable bonds is 5. The summed E-state index contributed by atoms with van der Waals surface area (Å²) >= 11 is 0. The van der Waals surface area contributed by atoms with E-state index < -0.39 is 0 Å². The molecule has 0 aliphatic heterocycles. The Labute approximate surface area is 123 Å². The van der Waals surface area contributed by atoms with Crippen LogP contribution in [0, 0.1) is 13.8 Å². The van der Waals surface area contributed by atoms with Gasteiger partial charge in [-0.3, -0.25) is 4.79 Å². The van der Waals surface area contributed by atoms with E-state index >= 15 is 0 Å². The van der Waals surface area contributed by atoms with Crippen LogP contribution in [0.15, 0.2) is 23.1 Å². The smallest absolute Gasteiger partial charge is 0.255 e. The molecule has 0 aliphatic rings. The van der Waals surface area contributed by atoms with Gasteiger partial charge in [-0.25, -0.2) is 9.97 Å². The molecule has 0 aliphatic carbocycles. The molecule has 0 spiro atoms. The molecule has 0 saturated heterocycles. The average Bonchev–Trinajstić information content (AvgIpc) is 2.44. The Morgan fingerprint density at radius 3 is 2.86 bits per heavy atom. The lowest BCUT2D eigenvalue weighted by molar-refractivity contribution is 0.389. The fraction of sp³-hybridized carbons (Fsp3) is 0.400. The van der Waals surface area contributed by atoms with Gasteiger partial charge in [0.15, 0.2) is 0 Å². The highest BCUT2D eigenvalue weighted by Crippen LogP contribution is 2.16. The Morgan fingerprint density at radius 1 is 1.43 bits per heavy atom. The van der Waals surface area contributed by atoms with E-state index in [0.29, 0.717) is 23.8 Å². The molecule has 2 aromatic heterocycles. The number of aromatic nitrogens is 3. The zero-order chi connectivity index (χ0) is 15.4. The molecule has 112 valence electrons. The molecule has 6 heteroatoms. The summed E-state index contributed by atoms with van der Waals surface area (Å²) in [5.74, 6) is 1.22. The molecule has 2 heterocycles. The normalized spacial score (nSPS) is 12.2. The highest BCUT2D eigenvalue weighted by atomic mass is 16.5. The van der Waals surface area contributed by atoms with Crippen molar-refractivity contribution in [1.82, 2.24) is 20.3 Å². The molecular formula is C15H20N4O2. The predicted octanol–water partition coefficient (Wildman–Crippen LogP) is 1.64. The first-order valence-corrected chi connectivity index (χ1v) is 6.81. The second-order valence-electron chi connectivity index (χ2n) is 4.92. The monoisotopic (exact) mass is 288 g/mol. The molecule has 2 rings (SSSR count). The lowest BCUT2D eigenvalue weighted by Crippen LogP contribution is -2.27. The summed E-state index contributed by atoms with van der Waals surface area (Å²) in [6.45, 7) is 6.12. The Hall–Kier alpha value is -2.21. The Kier molecular flexibility index (Phi) is 4.70. The number of ether oxygens (including phenoxy) is 1. The summed E-state index contributed by atoms with van der Waals surface area (Å²) < 4.78 is 5.22. The number of methoxy groups -OCH3 is 1. The van der Waals surface area contributed by atoms with Crippen molar-refractivity contribution in [2.45, 2.75) is 33.4 Å². The Morgan fingerprint density at radius 2 is 2.19 bits per heavy atom. The summed E-state index contributed by atoms with van der Waals surface area (Å²) in [7, 11) is 1.59. The van der Waals surface area contributed by atoms with E-state index in [9.17, 15) is 4.79 Å². The first-order chi connectivity index (χ1) is 10.0. The summed E-state index contributed by atoms with van der Waals surface area (Å²) in [5, 5.41) is 3.31. The molecule has 0 saturated carbocycles. The van der Waals surface area contributed by atoms with E-state index in [1.54, 1.807) is 20.2 Å². The van der Waals surface area contributed by atoms with E-state index in [1.807, 2.05) is 26.0 Å². The average molecular weight is 288 g/mol. The van der Waals surface area contributed by atoms with Crippen molar-refractivity contribution in [2.75, 3.05) is 7.11 Å². The minimum atomic E-state index is -0.119. The van der Waals surface area contributed by atoms with Crippen molar-refractivity contribution in [3.8, 4) is 5.88 Å². The van der Waals surface area contributed by atoms with Crippen LogP contribution >= 0.6 is 0 Å². The maximum absolute atomic E-state index is 12.1. The Balaban J connectivity index is 2.16. The van der Waals surface area contributed by atoms with Crippen LogP contribution in [-0.4, -0.2) is 22.1 Å². The third-order valence-electron chi connectivity index (χ3n) is 3.34. The van der Waals surface area contributed by atoms with Crippen LogP contribution in [0.1, 0.15) is 35.6 Å². The van der Waals surface area contributed by atoms with Crippen LogP contribution in [0.5, 0.6) is 5.88 Å². The van der Waals surface area contributed by atoms with Crippen LogP contribution in [0.2, 0.25) is 0 Å². The van der Waals surface area contributed by atoms with Crippen LogP contribution in [0.3, 0.4) is 0 Å². The molecule has 21 heavy (non-hydrogen) atoms. The predicted molar refractivity (Wildman–Crippen MR) is 80.4 cm³/mol. The van der Waals surface area contributed by atoms with Gasteiger partial charge in [-0.05, 0) is 26.8 Å². The van der Waals surface area contributed by atoms with Gasteiger partial charge in [0.25, 0.3) is 5.56 Å². The number of pyridine rings is 1. The van der Waals surface area contributed by atoms with Crippen LogP contribution < -0.4 is 15.6 Å². The van der Waals surface area contributed by atoms with Crippen molar-refractivity contribution in [3.05, 3.63) is 51.3 Å². The highest BCUT2D eigenvalue weighted by Gasteiger charge is 2.15. The second kappa shape index (κ2) is 6.49. The Bertz CT molecular complexity index is 682. The number of hydrogen-bond donors (Lipinski definition) is 2. The first-order valence-electron chi connectivity index (χ1n) is 6.81. The van der Waals surface area contributed by atoms with Gasteiger partial charge in [-0.2, -0.15) is 0 Å². The zero-order valence-corrected chi connectivity index (χ0v) is 12.7. The standard InChI is InChI=1S/C15H20N4O2/c1-9(13-10(2)18-11(3)19-14(13)20)17-8-12-6-5-7-16-15(12)21-4/h5-7,9,17H,8H2,1-4H3,(H,18,19,20). The van der Waals surface area contributed by atoms with Crippen LogP contribution in [-0.2, 0) is 6.54 Å². The minimum absolute atomic E-state index is 0.0989. The molecule has 2 N–H and O–H groups in total. The second-order valence-corrected chi connectivity index (χ2v) is 4.92. The van der Waals surface area contributed by atoms with Crippen LogP contribution in [0.4, 0.5) is 0 Å². The van der Waals surface area contributed by atoms with Crippen molar-refractivity contribution in [3.63, 3.8) is 0 Å². The summed E-state index contributed by atoms with van der Waals surface area (Å²) in [6, 6.07) is 3.68. The third-order valence-corrected chi connectivity index (χ3v) is 3.34. The van der Waals surface area contributed by atoms with Gasteiger partial charge < -0.3 is 15.0 Å². The SMILES string of the molecule is COc1ncccc1CNC(C)c1c(C)nc(C)[nH]c1=O. The molecule has 0 radical (unpaired) electrons. The van der Waals surface area contributed by atoms with Crippen molar-refractivity contribution in [1.29, 1.82) is 0 Å². The number of aryl methyl sites for hydroxylation is 2. The highest BCUT2D eigenvalue weighted by molar-refractivity contribution is 5.26. The quantitative estimate of drug-likeness (QED) is 0.874. The number of hydrogen-bond acceptors (Lipinski definition) is 5. The molecule has 2 aromatic rings. The third kappa shape index (κ3) is 3.46. The first kappa shape index (κ1) is 15.2. The number of nitrogens with zero attached hydrogens (tertiary/aromatic N) is 2. The van der Waals surface area contributed by atoms with E-state index in [4.69, 9.17) is 4.74 Å². The van der Waals surface area contributed by atoms with E-state index in [1.165, 1.54) is 0 Å². The van der Waals surface area contributed by atoms with Gasteiger partial charge in [-0.15, -0.1) is 0 Å². The zero-order valence-electron chi connectivity index (χ0n) is 12.7. The maximum Gasteiger partial charge on any atom is 0.255 e. The van der Waals surface area contributed by atoms with Gasteiger partial charge in [0.05, 0.1) is 12.7 Å². The van der Waals surface area contributed by atoms with Crippen LogP contribution in [0.25, 0.3) is 0 Å². The van der Waals surface area contributed by atoms with Crippen molar-refractivity contribution >= 4 is 0 Å². The molecular weight excluding hydrogens is 268 g/mol. The molecule has 0 amide bonds. The minimum Gasteiger partial charge on any atom is -0.481 e. The van der Waals surface area contributed by atoms with E-state index in [0.717, 1.165) is 11.3 Å². The van der Waals surface area contributed by atoms with Gasteiger partial charge in [0.1, 0.15) is 5.82 Å². The molecule has 0 aromatic carbocycles. The number of nitrogens with one attached hydrogen (secondary N) is 2. The molecule has 0 fully saturated rings. The van der Waals surface area contributed by atoms with Crippen molar-refractivity contribution in [2.24, 2.45) is 0 Å². The fourth-order valence-electron chi connectivity index (χ4n) is 2.35. The largest absolute Gasteiger partial charge is 0.481 e. The van der Waals surface area contributed by atoms with E-state index in [-0.39, 0.29) is 11.6 Å². The lowest BCUT2D eigenvalue weighted by Gasteiger charge is -2.16. The molecule has 1 unspecified atom stereocenters. The van der Waals surface area contributed by atoms with Crippen molar-refractivity contribution < 1.29 is 4.74 Å². The van der Waals surface area contributed by atoms with Gasteiger partial charge in [0, 0.05) is 30.0 Å².